The molecule has 4 heteroatoms. The maximum absolute atomic E-state index is 12.3. The molecule has 1 heterocycles. The fourth-order valence-electron chi connectivity index (χ4n) is 2.75. The average molecular weight is 282 g/mol. The van der Waals surface area contributed by atoms with E-state index in [1.54, 1.807) is 0 Å². The summed E-state index contributed by atoms with van der Waals surface area (Å²) >= 11 is 0. The molecule has 0 aromatic carbocycles. The van der Waals surface area contributed by atoms with Gasteiger partial charge in [0.05, 0.1) is 0 Å². The summed E-state index contributed by atoms with van der Waals surface area (Å²) in [6.45, 7) is 12.3. The lowest BCUT2D eigenvalue weighted by molar-refractivity contribution is -0.144. The number of nitrogens with zero attached hydrogens (tertiary/aromatic N) is 2. The van der Waals surface area contributed by atoms with Gasteiger partial charge in [0, 0.05) is 38.0 Å². The van der Waals surface area contributed by atoms with E-state index in [0.29, 0.717) is 19.0 Å². The van der Waals surface area contributed by atoms with Crippen LogP contribution >= 0.6 is 0 Å². The van der Waals surface area contributed by atoms with E-state index in [-0.39, 0.29) is 23.1 Å². The van der Waals surface area contributed by atoms with E-state index in [4.69, 9.17) is 0 Å². The summed E-state index contributed by atoms with van der Waals surface area (Å²) in [6.07, 6.45) is 1.59. The van der Waals surface area contributed by atoms with Crippen LogP contribution in [-0.2, 0) is 9.59 Å². The molecular weight excluding hydrogens is 252 g/mol. The first kappa shape index (κ1) is 17.0. The van der Waals surface area contributed by atoms with Crippen LogP contribution in [0.1, 0.15) is 47.5 Å². The molecule has 116 valence electrons. The van der Waals surface area contributed by atoms with Gasteiger partial charge < -0.3 is 9.80 Å². The third-order valence-electron chi connectivity index (χ3n) is 3.79. The van der Waals surface area contributed by atoms with Gasteiger partial charge in [0.15, 0.2) is 0 Å². The zero-order valence-corrected chi connectivity index (χ0v) is 13.9. The quantitative estimate of drug-likeness (QED) is 0.797. The number of carbonyl (C=O) groups excluding carboxylic acids is 2. The Balaban J connectivity index is 2.50. The van der Waals surface area contributed by atoms with Crippen molar-refractivity contribution in [2.75, 3.05) is 26.7 Å². The maximum atomic E-state index is 12.3. The molecule has 0 N–H and O–H groups in total. The molecule has 20 heavy (non-hydrogen) atoms. The van der Waals surface area contributed by atoms with Crippen LogP contribution in [0.4, 0.5) is 0 Å². The monoisotopic (exact) mass is 282 g/mol. The molecule has 1 fully saturated rings. The average Bonchev–Trinajstić information content (AvgIpc) is 2.35. The number of rotatable bonds is 3. The third-order valence-corrected chi connectivity index (χ3v) is 3.79. The fraction of sp³-hybridized carbons (Fsp3) is 0.875. The number of likely N-dealkylation sites (tertiary alicyclic amines) is 1. The molecule has 0 aromatic rings. The molecule has 0 aliphatic carbocycles. The van der Waals surface area contributed by atoms with Gasteiger partial charge in [-0.25, -0.2) is 0 Å². The SMILES string of the molecule is CC(C)CN(C)C(=O)C1CCN(C(=O)C(C)(C)C)CC1. The second-order valence-corrected chi connectivity index (χ2v) is 7.43. The Morgan fingerprint density at radius 2 is 1.70 bits per heavy atom. The minimum atomic E-state index is -0.328. The van der Waals surface area contributed by atoms with Gasteiger partial charge in [-0.1, -0.05) is 34.6 Å². The first-order valence-electron chi connectivity index (χ1n) is 7.67. The van der Waals surface area contributed by atoms with E-state index in [1.165, 1.54) is 0 Å². The normalized spacial score (nSPS) is 17.4. The Morgan fingerprint density at radius 1 is 1.20 bits per heavy atom. The molecule has 0 bridgehead atoms. The van der Waals surface area contributed by atoms with Gasteiger partial charge in [-0.3, -0.25) is 9.59 Å². The van der Waals surface area contributed by atoms with Crippen LogP contribution in [-0.4, -0.2) is 48.3 Å². The second kappa shape index (κ2) is 6.59. The number of amides is 2. The number of piperidine rings is 1. The predicted molar refractivity (Wildman–Crippen MR) is 81.2 cm³/mol. The molecule has 0 radical (unpaired) electrons. The summed E-state index contributed by atoms with van der Waals surface area (Å²) in [5.41, 5.74) is -0.328. The number of carbonyl (C=O) groups is 2. The van der Waals surface area contributed by atoms with Gasteiger partial charge in [-0.05, 0) is 18.8 Å². The van der Waals surface area contributed by atoms with Gasteiger partial charge in [-0.15, -0.1) is 0 Å². The van der Waals surface area contributed by atoms with Crippen LogP contribution in [0.3, 0.4) is 0 Å². The molecule has 0 unspecified atom stereocenters. The van der Waals surface area contributed by atoms with Crippen LogP contribution in [0.2, 0.25) is 0 Å². The van der Waals surface area contributed by atoms with Crippen molar-refractivity contribution < 1.29 is 9.59 Å². The van der Waals surface area contributed by atoms with Crippen molar-refractivity contribution in [1.29, 1.82) is 0 Å². The standard InChI is InChI=1S/C16H30N2O2/c1-12(2)11-17(6)14(19)13-7-9-18(10-8-13)15(20)16(3,4)5/h12-13H,7-11H2,1-6H3. The van der Waals surface area contributed by atoms with Gasteiger partial charge in [-0.2, -0.15) is 0 Å². The van der Waals surface area contributed by atoms with E-state index in [0.717, 1.165) is 19.4 Å². The summed E-state index contributed by atoms with van der Waals surface area (Å²) in [7, 11) is 1.88. The van der Waals surface area contributed by atoms with Crippen molar-refractivity contribution >= 4 is 11.8 Å². The highest BCUT2D eigenvalue weighted by Gasteiger charge is 2.33. The number of hydrogen-bond acceptors (Lipinski definition) is 2. The van der Waals surface area contributed by atoms with Gasteiger partial charge >= 0.3 is 0 Å². The zero-order chi connectivity index (χ0) is 15.5. The molecule has 2 amide bonds. The van der Waals surface area contributed by atoms with Crippen molar-refractivity contribution in [2.24, 2.45) is 17.3 Å². The second-order valence-electron chi connectivity index (χ2n) is 7.43. The van der Waals surface area contributed by atoms with Crippen molar-refractivity contribution in [3.63, 3.8) is 0 Å². The molecule has 0 atom stereocenters. The smallest absolute Gasteiger partial charge is 0.227 e. The van der Waals surface area contributed by atoms with E-state index in [2.05, 4.69) is 13.8 Å². The van der Waals surface area contributed by atoms with Crippen LogP contribution in [0.15, 0.2) is 0 Å². The lowest BCUT2D eigenvalue weighted by Crippen LogP contribution is -2.47. The summed E-state index contributed by atoms with van der Waals surface area (Å²) < 4.78 is 0. The van der Waals surface area contributed by atoms with E-state index < -0.39 is 0 Å². The maximum Gasteiger partial charge on any atom is 0.227 e. The summed E-state index contributed by atoms with van der Waals surface area (Å²) in [5.74, 6) is 1.01. The zero-order valence-electron chi connectivity index (χ0n) is 13.9. The highest BCUT2D eigenvalue weighted by molar-refractivity contribution is 5.82. The van der Waals surface area contributed by atoms with Crippen LogP contribution < -0.4 is 0 Å². The largest absolute Gasteiger partial charge is 0.345 e. The van der Waals surface area contributed by atoms with Gasteiger partial charge in [0.1, 0.15) is 0 Å². The molecule has 1 saturated heterocycles. The van der Waals surface area contributed by atoms with Gasteiger partial charge in [0.25, 0.3) is 0 Å². The molecule has 0 aromatic heterocycles. The molecule has 0 spiro atoms. The van der Waals surface area contributed by atoms with E-state index in [1.807, 2.05) is 37.6 Å². The highest BCUT2D eigenvalue weighted by atomic mass is 16.2. The van der Waals surface area contributed by atoms with Crippen molar-refractivity contribution in [1.82, 2.24) is 9.80 Å². The first-order chi connectivity index (χ1) is 9.12. The fourth-order valence-corrected chi connectivity index (χ4v) is 2.75. The van der Waals surface area contributed by atoms with Crippen LogP contribution in [0.5, 0.6) is 0 Å². The highest BCUT2D eigenvalue weighted by Crippen LogP contribution is 2.24. The minimum absolute atomic E-state index is 0.0859. The van der Waals surface area contributed by atoms with Crippen LogP contribution in [0, 0.1) is 17.3 Å². The summed E-state index contributed by atoms with van der Waals surface area (Å²) in [4.78, 5) is 28.3. The van der Waals surface area contributed by atoms with Crippen molar-refractivity contribution in [2.45, 2.75) is 47.5 Å². The van der Waals surface area contributed by atoms with Crippen molar-refractivity contribution in [3.8, 4) is 0 Å². The van der Waals surface area contributed by atoms with E-state index >= 15 is 0 Å². The lowest BCUT2D eigenvalue weighted by Gasteiger charge is -2.36. The Bertz CT molecular complexity index is 350. The lowest BCUT2D eigenvalue weighted by atomic mass is 9.90. The van der Waals surface area contributed by atoms with E-state index in [9.17, 15) is 9.59 Å². The molecular formula is C16H30N2O2. The topological polar surface area (TPSA) is 40.6 Å². The predicted octanol–water partition coefficient (Wildman–Crippen LogP) is 2.39. The van der Waals surface area contributed by atoms with Crippen molar-refractivity contribution in [3.05, 3.63) is 0 Å². The molecule has 4 nitrogen and oxygen atoms in total. The van der Waals surface area contributed by atoms with Crippen LogP contribution in [0.25, 0.3) is 0 Å². The molecule has 1 aliphatic rings. The molecule has 1 aliphatic heterocycles. The Morgan fingerprint density at radius 3 is 2.10 bits per heavy atom. The Labute approximate surface area is 123 Å². The summed E-state index contributed by atoms with van der Waals surface area (Å²) in [5, 5.41) is 0. The first-order valence-corrected chi connectivity index (χ1v) is 7.67. The molecule has 0 saturated carbocycles. The summed E-state index contributed by atoms with van der Waals surface area (Å²) in [6, 6.07) is 0. The van der Waals surface area contributed by atoms with Gasteiger partial charge in [0.2, 0.25) is 11.8 Å². The number of hydrogen-bond donors (Lipinski definition) is 0. The molecule has 1 rings (SSSR count). The third kappa shape index (κ3) is 4.50. The Hall–Kier alpha value is -1.06. The Kier molecular flexibility index (Phi) is 5.60. The minimum Gasteiger partial charge on any atom is -0.345 e.